The van der Waals surface area contributed by atoms with Gasteiger partial charge in [0.05, 0.1) is 4.90 Å². The Balaban J connectivity index is 1.58. The molecule has 6 nitrogen and oxygen atoms in total. The van der Waals surface area contributed by atoms with E-state index in [-0.39, 0.29) is 11.8 Å². The van der Waals surface area contributed by atoms with E-state index in [1.807, 2.05) is 43.0 Å². The van der Waals surface area contributed by atoms with E-state index < -0.39 is 10.0 Å². The minimum atomic E-state index is -3.49. The van der Waals surface area contributed by atoms with Gasteiger partial charge in [-0.25, -0.2) is 8.42 Å². The number of carbonyl (C=O) groups excluding carboxylic acids is 1. The Labute approximate surface area is 180 Å². The molecule has 0 aliphatic carbocycles. The predicted octanol–water partition coefficient (Wildman–Crippen LogP) is 3.62. The van der Waals surface area contributed by atoms with Gasteiger partial charge in [-0.05, 0) is 68.4 Å². The fourth-order valence-electron chi connectivity index (χ4n) is 4.04. The number of rotatable bonds is 8. The average molecular weight is 430 g/mol. The zero-order chi connectivity index (χ0) is 21.6. The van der Waals surface area contributed by atoms with E-state index in [1.54, 1.807) is 28.8 Å². The van der Waals surface area contributed by atoms with E-state index in [9.17, 15) is 13.2 Å². The SMILES string of the molecule is CCN(Cc1ccncc1)C(=O)CCC1CCCN(S(=O)(=O)c2ccccc2C)C1. The lowest BCUT2D eigenvalue weighted by molar-refractivity contribution is -0.132. The second-order valence-electron chi connectivity index (χ2n) is 7.94. The largest absolute Gasteiger partial charge is 0.339 e. The fraction of sp³-hybridized carbons (Fsp3) is 0.478. The zero-order valence-electron chi connectivity index (χ0n) is 17.8. The van der Waals surface area contributed by atoms with Crippen LogP contribution in [-0.4, -0.2) is 48.1 Å². The van der Waals surface area contributed by atoms with E-state index in [0.717, 1.165) is 24.0 Å². The highest BCUT2D eigenvalue weighted by Gasteiger charge is 2.31. The van der Waals surface area contributed by atoms with Crippen molar-refractivity contribution in [1.82, 2.24) is 14.2 Å². The molecule has 0 spiro atoms. The minimum Gasteiger partial charge on any atom is -0.339 e. The lowest BCUT2D eigenvalue weighted by Gasteiger charge is -2.32. The van der Waals surface area contributed by atoms with Gasteiger partial charge in [-0.2, -0.15) is 4.31 Å². The van der Waals surface area contributed by atoms with E-state index in [1.165, 1.54) is 0 Å². The van der Waals surface area contributed by atoms with Crippen LogP contribution in [0.2, 0.25) is 0 Å². The first-order chi connectivity index (χ1) is 14.4. The summed E-state index contributed by atoms with van der Waals surface area (Å²) in [6, 6.07) is 11.0. The first-order valence-corrected chi connectivity index (χ1v) is 12.1. The number of pyridine rings is 1. The van der Waals surface area contributed by atoms with Crippen molar-refractivity contribution < 1.29 is 13.2 Å². The Morgan fingerprint density at radius 2 is 1.93 bits per heavy atom. The van der Waals surface area contributed by atoms with Crippen LogP contribution in [0.25, 0.3) is 0 Å². The summed E-state index contributed by atoms with van der Waals surface area (Å²) in [5, 5.41) is 0. The van der Waals surface area contributed by atoms with Crippen LogP contribution in [0, 0.1) is 12.8 Å². The summed E-state index contributed by atoms with van der Waals surface area (Å²) < 4.78 is 27.8. The Hall–Kier alpha value is -2.25. The lowest BCUT2D eigenvalue weighted by atomic mass is 9.94. The molecule has 3 rings (SSSR count). The molecule has 0 radical (unpaired) electrons. The molecule has 1 fully saturated rings. The Kier molecular flexibility index (Phi) is 7.61. The van der Waals surface area contributed by atoms with E-state index in [4.69, 9.17) is 0 Å². The predicted molar refractivity (Wildman–Crippen MR) is 117 cm³/mol. The van der Waals surface area contributed by atoms with Crippen molar-refractivity contribution in [2.45, 2.75) is 51.0 Å². The standard InChI is InChI=1S/C23H31N3O3S/c1-3-25(17-21-12-14-24-15-13-21)23(27)11-10-20-8-6-16-26(18-20)30(28,29)22-9-5-4-7-19(22)2/h4-5,7,9,12-15,20H,3,6,8,10-11,16-18H2,1-2H3. The Bertz CT molecular complexity index is 947. The highest BCUT2D eigenvalue weighted by molar-refractivity contribution is 7.89. The average Bonchev–Trinajstić information content (AvgIpc) is 2.77. The van der Waals surface area contributed by atoms with Crippen LogP contribution < -0.4 is 0 Å². The quantitative estimate of drug-likeness (QED) is 0.643. The van der Waals surface area contributed by atoms with Gasteiger partial charge < -0.3 is 4.90 Å². The second kappa shape index (κ2) is 10.2. The lowest BCUT2D eigenvalue weighted by Crippen LogP contribution is -2.40. The molecule has 1 aliphatic heterocycles. The highest BCUT2D eigenvalue weighted by Crippen LogP contribution is 2.27. The number of aryl methyl sites for hydroxylation is 1. The van der Waals surface area contributed by atoms with Crippen LogP contribution in [0.15, 0.2) is 53.7 Å². The highest BCUT2D eigenvalue weighted by atomic mass is 32.2. The van der Waals surface area contributed by atoms with Gasteiger partial charge in [-0.15, -0.1) is 0 Å². The molecule has 1 aliphatic rings. The maximum Gasteiger partial charge on any atom is 0.243 e. The van der Waals surface area contributed by atoms with Gasteiger partial charge in [0.1, 0.15) is 0 Å². The first kappa shape index (κ1) is 22.4. The van der Waals surface area contributed by atoms with Crippen LogP contribution in [0.3, 0.4) is 0 Å². The molecule has 0 bridgehead atoms. The molecule has 2 heterocycles. The molecule has 1 aromatic heterocycles. The van der Waals surface area contributed by atoms with Gasteiger partial charge in [0.15, 0.2) is 0 Å². The molecule has 1 unspecified atom stereocenters. The number of benzene rings is 1. The molecule has 1 amide bonds. The second-order valence-corrected chi connectivity index (χ2v) is 9.85. The molecule has 7 heteroatoms. The summed E-state index contributed by atoms with van der Waals surface area (Å²) in [5.74, 6) is 0.328. The Morgan fingerprint density at radius 3 is 2.63 bits per heavy atom. The molecule has 1 aromatic carbocycles. The third-order valence-electron chi connectivity index (χ3n) is 5.82. The number of carbonyl (C=O) groups is 1. The summed E-state index contributed by atoms with van der Waals surface area (Å²) in [4.78, 5) is 19.0. The fourth-order valence-corrected chi connectivity index (χ4v) is 5.82. The number of hydrogen-bond donors (Lipinski definition) is 0. The normalized spacial score (nSPS) is 17.6. The van der Waals surface area contributed by atoms with Crippen molar-refractivity contribution in [3.8, 4) is 0 Å². The van der Waals surface area contributed by atoms with Crippen LogP contribution in [-0.2, 0) is 21.4 Å². The van der Waals surface area contributed by atoms with E-state index in [0.29, 0.717) is 43.9 Å². The number of nitrogens with zero attached hydrogens (tertiary/aromatic N) is 3. The number of aromatic nitrogens is 1. The van der Waals surface area contributed by atoms with Gasteiger partial charge in [-0.1, -0.05) is 18.2 Å². The number of amides is 1. The third kappa shape index (κ3) is 5.46. The molecule has 0 N–H and O–H groups in total. The van der Waals surface area contributed by atoms with Gasteiger partial charge in [0.25, 0.3) is 0 Å². The van der Waals surface area contributed by atoms with Gasteiger partial charge in [0.2, 0.25) is 15.9 Å². The molecule has 1 saturated heterocycles. The van der Waals surface area contributed by atoms with Crippen LogP contribution in [0.4, 0.5) is 0 Å². The van der Waals surface area contributed by atoms with Crippen molar-refractivity contribution in [1.29, 1.82) is 0 Å². The summed E-state index contributed by atoms with van der Waals surface area (Å²) in [6.45, 7) is 6.08. The van der Waals surface area contributed by atoms with Crippen LogP contribution in [0.1, 0.15) is 43.7 Å². The smallest absolute Gasteiger partial charge is 0.243 e. The molecule has 0 saturated carbocycles. The van der Waals surface area contributed by atoms with Crippen molar-refractivity contribution in [3.05, 3.63) is 59.9 Å². The number of piperidine rings is 1. The van der Waals surface area contributed by atoms with Gasteiger partial charge in [-0.3, -0.25) is 9.78 Å². The minimum absolute atomic E-state index is 0.119. The molecule has 30 heavy (non-hydrogen) atoms. The van der Waals surface area contributed by atoms with Crippen molar-refractivity contribution in [2.24, 2.45) is 5.92 Å². The van der Waals surface area contributed by atoms with Crippen LogP contribution >= 0.6 is 0 Å². The van der Waals surface area contributed by atoms with Gasteiger partial charge in [0, 0.05) is 45.0 Å². The first-order valence-electron chi connectivity index (χ1n) is 10.6. The molecule has 1 atom stereocenters. The van der Waals surface area contributed by atoms with Gasteiger partial charge >= 0.3 is 0 Å². The van der Waals surface area contributed by atoms with Crippen molar-refractivity contribution in [3.63, 3.8) is 0 Å². The maximum atomic E-state index is 13.1. The zero-order valence-corrected chi connectivity index (χ0v) is 18.6. The molecule has 2 aromatic rings. The van der Waals surface area contributed by atoms with Crippen molar-refractivity contribution >= 4 is 15.9 Å². The van der Waals surface area contributed by atoms with Crippen molar-refractivity contribution in [2.75, 3.05) is 19.6 Å². The summed E-state index contributed by atoms with van der Waals surface area (Å²) in [5.41, 5.74) is 1.83. The van der Waals surface area contributed by atoms with E-state index in [2.05, 4.69) is 4.98 Å². The number of hydrogen-bond acceptors (Lipinski definition) is 4. The topological polar surface area (TPSA) is 70.6 Å². The third-order valence-corrected chi connectivity index (χ3v) is 7.84. The Morgan fingerprint density at radius 1 is 1.20 bits per heavy atom. The maximum absolute atomic E-state index is 13.1. The summed E-state index contributed by atoms with van der Waals surface area (Å²) >= 11 is 0. The van der Waals surface area contributed by atoms with Crippen LogP contribution in [0.5, 0.6) is 0 Å². The van der Waals surface area contributed by atoms with E-state index >= 15 is 0 Å². The monoisotopic (exact) mass is 429 g/mol. The molecular formula is C23H31N3O3S. The molecular weight excluding hydrogens is 398 g/mol. The summed E-state index contributed by atoms with van der Waals surface area (Å²) in [7, 11) is -3.49. The molecule has 162 valence electrons. The summed E-state index contributed by atoms with van der Waals surface area (Å²) in [6.07, 6.45) is 6.42. The number of sulfonamides is 1.